The lowest BCUT2D eigenvalue weighted by Gasteiger charge is -2.34. The number of hydrogen-bond acceptors (Lipinski definition) is 3. The van der Waals surface area contributed by atoms with Gasteiger partial charge < -0.3 is 15.2 Å². The largest absolute Gasteiger partial charge is 0.481 e. The Morgan fingerprint density at radius 2 is 1.83 bits per heavy atom. The molecular formula is C17H22BrNO4. The summed E-state index contributed by atoms with van der Waals surface area (Å²) >= 11 is 3.38. The van der Waals surface area contributed by atoms with Crippen LogP contribution in [-0.4, -0.2) is 36.7 Å². The molecule has 0 bridgehead atoms. The van der Waals surface area contributed by atoms with E-state index in [0.717, 1.165) is 10.0 Å². The van der Waals surface area contributed by atoms with Crippen molar-refractivity contribution in [3.8, 4) is 0 Å². The van der Waals surface area contributed by atoms with E-state index in [1.165, 1.54) is 0 Å². The van der Waals surface area contributed by atoms with E-state index >= 15 is 0 Å². The van der Waals surface area contributed by atoms with Crippen LogP contribution in [0.5, 0.6) is 0 Å². The fraction of sp³-hybridized carbons (Fsp3) is 0.529. The minimum absolute atomic E-state index is 0.129. The van der Waals surface area contributed by atoms with Gasteiger partial charge in [0.25, 0.3) is 0 Å². The zero-order valence-electron chi connectivity index (χ0n) is 13.4. The van der Waals surface area contributed by atoms with Gasteiger partial charge in [-0.15, -0.1) is 0 Å². The number of halogens is 1. The fourth-order valence-electron chi connectivity index (χ4n) is 2.70. The van der Waals surface area contributed by atoms with Crippen LogP contribution in [0.4, 0.5) is 0 Å². The first-order valence-corrected chi connectivity index (χ1v) is 8.43. The number of hydrogen-bond donors (Lipinski definition) is 2. The number of carbonyl (C=O) groups excluding carboxylic acids is 1. The van der Waals surface area contributed by atoms with Crippen molar-refractivity contribution in [2.75, 3.05) is 19.8 Å². The maximum atomic E-state index is 12.6. The molecule has 0 radical (unpaired) electrons. The van der Waals surface area contributed by atoms with Gasteiger partial charge in [-0.2, -0.15) is 0 Å². The summed E-state index contributed by atoms with van der Waals surface area (Å²) in [7, 11) is 0. The number of ether oxygens (including phenoxy) is 1. The number of rotatable bonds is 5. The Kier molecular flexibility index (Phi) is 5.47. The van der Waals surface area contributed by atoms with Crippen LogP contribution >= 0.6 is 15.9 Å². The Morgan fingerprint density at radius 1 is 1.26 bits per heavy atom. The highest BCUT2D eigenvalue weighted by atomic mass is 79.9. The third-order valence-corrected chi connectivity index (χ3v) is 5.15. The molecule has 5 nitrogen and oxygen atoms in total. The highest BCUT2D eigenvalue weighted by molar-refractivity contribution is 9.10. The molecule has 0 unspecified atom stereocenters. The summed E-state index contributed by atoms with van der Waals surface area (Å²) < 4.78 is 6.20. The van der Waals surface area contributed by atoms with Crippen molar-refractivity contribution in [2.45, 2.75) is 32.1 Å². The number of carboxylic acid groups (broad SMARTS) is 1. The molecule has 0 aliphatic carbocycles. The van der Waals surface area contributed by atoms with Crippen molar-refractivity contribution in [3.05, 3.63) is 34.3 Å². The van der Waals surface area contributed by atoms with Crippen LogP contribution in [0.15, 0.2) is 28.7 Å². The lowest BCUT2D eigenvalue weighted by Crippen LogP contribution is -2.50. The summed E-state index contributed by atoms with van der Waals surface area (Å²) in [6.45, 7) is 4.63. The molecule has 1 aromatic rings. The Morgan fingerprint density at radius 3 is 2.35 bits per heavy atom. The van der Waals surface area contributed by atoms with E-state index in [0.29, 0.717) is 26.1 Å². The lowest BCUT2D eigenvalue weighted by atomic mass is 9.79. The average molecular weight is 384 g/mol. The molecule has 2 rings (SSSR count). The van der Waals surface area contributed by atoms with Gasteiger partial charge in [0.1, 0.15) is 0 Å². The van der Waals surface area contributed by atoms with Crippen molar-refractivity contribution in [3.63, 3.8) is 0 Å². The molecule has 6 heteroatoms. The smallest absolute Gasteiger partial charge is 0.311 e. The van der Waals surface area contributed by atoms with Crippen LogP contribution in [0.1, 0.15) is 32.3 Å². The zero-order valence-corrected chi connectivity index (χ0v) is 15.0. The highest BCUT2D eigenvalue weighted by Crippen LogP contribution is 2.31. The maximum absolute atomic E-state index is 12.6. The molecule has 1 fully saturated rings. The summed E-state index contributed by atoms with van der Waals surface area (Å²) in [6.07, 6.45) is 0.836. The van der Waals surface area contributed by atoms with Crippen LogP contribution < -0.4 is 5.32 Å². The first-order chi connectivity index (χ1) is 10.8. The Hall–Kier alpha value is -1.40. The normalized spacial score (nSPS) is 17.5. The number of nitrogens with one attached hydrogen (secondary N) is 1. The van der Waals surface area contributed by atoms with Crippen LogP contribution in [-0.2, 0) is 19.7 Å². The molecule has 0 spiro atoms. The molecule has 1 amide bonds. The number of carboxylic acids is 1. The Labute approximate surface area is 144 Å². The second-order valence-corrected chi connectivity index (χ2v) is 7.43. The van der Waals surface area contributed by atoms with Crippen molar-refractivity contribution < 1.29 is 19.4 Å². The number of carbonyl (C=O) groups is 2. The van der Waals surface area contributed by atoms with Crippen molar-refractivity contribution in [1.82, 2.24) is 5.32 Å². The van der Waals surface area contributed by atoms with E-state index in [4.69, 9.17) is 4.74 Å². The van der Waals surface area contributed by atoms with Gasteiger partial charge in [-0.05, 0) is 44.4 Å². The number of amides is 1. The van der Waals surface area contributed by atoms with Crippen LogP contribution in [0.2, 0.25) is 0 Å². The molecule has 0 aromatic heterocycles. The number of aliphatic carboxylic acids is 1. The van der Waals surface area contributed by atoms with Gasteiger partial charge in [-0.3, -0.25) is 9.59 Å². The van der Waals surface area contributed by atoms with Gasteiger partial charge in [-0.25, -0.2) is 0 Å². The second kappa shape index (κ2) is 7.01. The summed E-state index contributed by atoms with van der Waals surface area (Å²) in [5, 5.41) is 12.4. The third kappa shape index (κ3) is 3.93. The summed E-state index contributed by atoms with van der Waals surface area (Å²) in [4.78, 5) is 24.2. The van der Waals surface area contributed by atoms with Gasteiger partial charge >= 0.3 is 5.97 Å². The molecule has 1 saturated heterocycles. The van der Waals surface area contributed by atoms with Gasteiger partial charge in [0.15, 0.2) is 0 Å². The maximum Gasteiger partial charge on any atom is 0.311 e. The van der Waals surface area contributed by atoms with E-state index in [1.807, 2.05) is 38.1 Å². The third-order valence-electron chi connectivity index (χ3n) is 4.62. The highest BCUT2D eigenvalue weighted by Gasteiger charge is 2.41. The van der Waals surface area contributed by atoms with Crippen molar-refractivity contribution >= 4 is 27.8 Å². The molecule has 1 aliphatic heterocycles. The van der Waals surface area contributed by atoms with Crippen LogP contribution in [0, 0.1) is 5.41 Å². The SMILES string of the molecule is CC(C)(C(=O)NCC1(C(=O)O)CCOCC1)c1ccc(Br)cc1. The van der Waals surface area contributed by atoms with Gasteiger partial charge in [-0.1, -0.05) is 28.1 Å². The van der Waals surface area contributed by atoms with E-state index in [1.54, 1.807) is 0 Å². The van der Waals surface area contributed by atoms with Crippen LogP contribution in [0.3, 0.4) is 0 Å². The molecule has 126 valence electrons. The van der Waals surface area contributed by atoms with E-state index < -0.39 is 16.8 Å². The van der Waals surface area contributed by atoms with Crippen molar-refractivity contribution in [1.29, 1.82) is 0 Å². The van der Waals surface area contributed by atoms with Gasteiger partial charge in [0, 0.05) is 24.2 Å². The fourth-order valence-corrected chi connectivity index (χ4v) is 2.96. The average Bonchev–Trinajstić information content (AvgIpc) is 2.53. The second-order valence-electron chi connectivity index (χ2n) is 6.51. The summed E-state index contributed by atoms with van der Waals surface area (Å²) in [6, 6.07) is 7.57. The first-order valence-electron chi connectivity index (χ1n) is 7.63. The first kappa shape index (κ1) is 17.9. The Bertz CT molecular complexity index is 577. The predicted molar refractivity (Wildman–Crippen MR) is 90.3 cm³/mol. The summed E-state index contributed by atoms with van der Waals surface area (Å²) in [5.74, 6) is -1.05. The quantitative estimate of drug-likeness (QED) is 0.819. The molecule has 0 saturated carbocycles. The zero-order chi connectivity index (χ0) is 17.1. The minimum Gasteiger partial charge on any atom is -0.481 e. The Balaban J connectivity index is 2.08. The molecule has 1 aromatic carbocycles. The van der Waals surface area contributed by atoms with Gasteiger partial charge in [0.2, 0.25) is 5.91 Å². The lowest BCUT2D eigenvalue weighted by molar-refractivity contribution is -0.154. The molecular weight excluding hydrogens is 362 g/mol. The summed E-state index contributed by atoms with van der Waals surface area (Å²) in [5.41, 5.74) is -0.774. The monoisotopic (exact) mass is 383 g/mol. The molecule has 1 aliphatic rings. The molecule has 0 atom stereocenters. The van der Waals surface area contributed by atoms with E-state index in [2.05, 4.69) is 21.2 Å². The van der Waals surface area contributed by atoms with E-state index in [9.17, 15) is 14.7 Å². The molecule has 23 heavy (non-hydrogen) atoms. The van der Waals surface area contributed by atoms with E-state index in [-0.39, 0.29) is 12.5 Å². The molecule has 1 heterocycles. The van der Waals surface area contributed by atoms with Crippen LogP contribution in [0.25, 0.3) is 0 Å². The van der Waals surface area contributed by atoms with Crippen molar-refractivity contribution in [2.24, 2.45) is 5.41 Å². The van der Waals surface area contributed by atoms with Gasteiger partial charge in [0.05, 0.1) is 10.8 Å². The number of benzene rings is 1. The topological polar surface area (TPSA) is 75.6 Å². The molecule has 2 N–H and O–H groups in total. The standard InChI is InChI=1S/C17H22BrNO4/c1-16(2,12-3-5-13(18)6-4-12)14(20)19-11-17(15(21)22)7-9-23-10-8-17/h3-6H,7-11H2,1-2H3,(H,19,20)(H,21,22). The predicted octanol–water partition coefficient (Wildman–Crippen LogP) is 2.72. The minimum atomic E-state index is -0.927.